The molecule has 122 valence electrons. The first-order valence-corrected chi connectivity index (χ1v) is 7.08. The van der Waals surface area contributed by atoms with Crippen LogP contribution in [0, 0.1) is 10.8 Å². The fraction of sp³-hybridized carbons (Fsp3) is 0.562. The van der Waals surface area contributed by atoms with Crippen LogP contribution in [0.25, 0.3) is 0 Å². The van der Waals surface area contributed by atoms with Crippen LogP contribution < -0.4 is 0 Å². The zero-order valence-corrected chi connectivity index (χ0v) is 13.1. The molecule has 0 radical (unpaired) electrons. The smallest absolute Gasteiger partial charge is 0.333 e. The normalized spacial score (nSPS) is 28.7. The van der Waals surface area contributed by atoms with Crippen LogP contribution in [0.15, 0.2) is 24.3 Å². The summed E-state index contributed by atoms with van der Waals surface area (Å²) in [5, 5.41) is 19.2. The number of rotatable bonds is 6. The second kappa shape index (κ2) is 6.34. The number of allylic oxidation sites excluding steroid dienone is 1. The van der Waals surface area contributed by atoms with Crippen molar-refractivity contribution in [2.45, 2.75) is 46.1 Å². The fourth-order valence-corrected chi connectivity index (χ4v) is 2.89. The monoisotopic (exact) mass is 310 g/mol. The summed E-state index contributed by atoms with van der Waals surface area (Å²) in [4.78, 5) is 35.1. The lowest BCUT2D eigenvalue weighted by Gasteiger charge is -2.44. The van der Waals surface area contributed by atoms with Crippen LogP contribution in [0.4, 0.5) is 0 Å². The van der Waals surface area contributed by atoms with Crippen molar-refractivity contribution in [2.75, 3.05) is 0 Å². The zero-order valence-electron chi connectivity index (χ0n) is 13.1. The molecule has 0 fully saturated rings. The van der Waals surface area contributed by atoms with E-state index < -0.39 is 34.8 Å². The van der Waals surface area contributed by atoms with Crippen molar-refractivity contribution in [3.63, 3.8) is 0 Å². The van der Waals surface area contributed by atoms with Crippen LogP contribution >= 0.6 is 0 Å². The Balaban J connectivity index is 3.14. The Hall–Kier alpha value is -2.11. The molecule has 0 amide bonds. The van der Waals surface area contributed by atoms with Gasteiger partial charge in [-0.15, -0.1) is 0 Å². The maximum Gasteiger partial charge on any atom is 0.333 e. The van der Waals surface area contributed by atoms with E-state index in [2.05, 4.69) is 6.58 Å². The van der Waals surface area contributed by atoms with Gasteiger partial charge >= 0.3 is 17.9 Å². The van der Waals surface area contributed by atoms with Crippen molar-refractivity contribution in [3.8, 4) is 0 Å². The number of ether oxygens (including phenoxy) is 1. The third-order valence-corrected chi connectivity index (χ3v) is 4.33. The average molecular weight is 310 g/mol. The van der Waals surface area contributed by atoms with Gasteiger partial charge in [-0.25, -0.2) is 4.79 Å². The zero-order chi connectivity index (χ0) is 17.1. The molecule has 1 aliphatic carbocycles. The first kappa shape index (κ1) is 17.9. The van der Waals surface area contributed by atoms with E-state index in [0.29, 0.717) is 6.42 Å². The lowest BCUT2D eigenvalue weighted by molar-refractivity contribution is -0.174. The number of carboxylic acids is 2. The van der Waals surface area contributed by atoms with E-state index >= 15 is 0 Å². The molecule has 22 heavy (non-hydrogen) atoms. The second-order valence-electron chi connectivity index (χ2n) is 6.04. The van der Waals surface area contributed by atoms with Crippen LogP contribution in [-0.4, -0.2) is 34.2 Å². The van der Waals surface area contributed by atoms with Crippen LogP contribution in [0.2, 0.25) is 0 Å². The molecule has 1 aliphatic rings. The summed E-state index contributed by atoms with van der Waals surface area (Å²) >= 11 is 0. The minimum Gasteiger partial charge on any atom is -0.481 e. The highest BCUT2D eigenvalue weighted by Gasteiger charge is 2.58. The van der Waals surface area contributed by atoms with Crippen molar-refractivity contribution in [3.05, 3.63) is 24.3 Å². The molecule has 2 N–H and O–H groups in total. The maximum absolute atomic E-state index is 11.9. The third-order valence-electron chi connectivity index (χ3n) is 4.33. The number of aliphatic carboxylic acids is 2. The van der Waals surface area contributed by atoms with Crippen molar-refractivity contribution >= 4 is 17.9 Å². The molecule has 1 rings (SSSR count). The quantitative estimate of drug-likeness (QED) is 0.444. The fourth-order valence-electron chi connectivity index (χ4n) is 2.89. The Labute approximate surface area is 129 Å². The standard InChI is InChI=1S/C16H22O6/c1-10(2)12(17)22-11(3)9-16(14(20)21)8-6-5-7-15(16,4)13(18)19/h5,7,11H,1,6,8-9H2,2-4H3,(H,18,19)(H,20,21). The van der Waals surface area contributed by atoms with Gasteiger partial charge in [0.1, 0.15) is 6.10 Å². The predicted octanol–water partition coefficient (Wildman–Crippen LogP) is 2.40. The molecule has 3 atom stereocenters. The molecule has 0 bridgehead atoms. The average Bonchev–Trinajstić information content (AvgIpc) is 2.40. The number of hydrogen-bond donors (Lipinski definition) is 2. The van der Waals surface area contributed by atoms with E-state index in [1.54, 1.807) is 13.0 Å². The van der Waals surface area contributed by atoms with Crippen LogP contribution in [0.3, 0.4) is 0 Å². The van der Waals surface area contributed by atoms with Crippen LogP contribution in [-0.2, 0) is 19.1 Å². The highest BCUT2D eigenvalue weighted by atomic mass is 16.5. The molecule has 0 saturated heterocycles. The Bertz CT molecular complexity index is 535. The van der Waals surface area contributed by atoms with E-state index in [1.807, 2.05) is 0 Å². The van der Waals surface area contributed by atoms with E-state index in [-0.39, 0.29) is 18.4 Å². The van der Waals surface area contributed by atoms with E-state index in [9.17, 15) is 24.6 Å². The van der Waals surface area contributed by atoms with Crippen molar-refractivity contribution < 1.29 is 29.3 Å². The van der Waals surface area contributed by atoms with Gasteiger partial charge in [0.2, 0.25) is 0 Å². The lowest BCUT2D eigenvalue weighted by atomic mass is 9.57. The van der Waals surface area contributed by atoms with Gasteiger partial charge in [-0.1, -0.05) is 18.7 Å². The number of esters is 1. The third kappa shape index (κ3) is 3.05. The van der Waals surface area contributed by atoms with Gasteiger partial charge in [0.05, 0.1) is 10.8 Å². The molecular weight excluding hydrogens is 288 g/mol. The van der Waals surface area contributed by atoms with Crippen molar-refractivity contribution in [1.29, 1.82) is 0 Å². The topological polar surface area (TPSA) is 101 Å². The van der Waals surface area contributed by atoms with E-state index in [1.165, 1.54) is 19.9 Å². The minimum atomic E-state index is -1.55. The highest BCUT2D eigenvalue weighted by molar-refractivity contribution is 5.89. The molecule has 0 aromatic carbocycles. The van der Waals surface area contributed by atoms with E-state index in [4.69, 9.17) is 4.74 Å². The summed E-state index contributed by atoms with van der Waals surface area (Å²) in [5.74, 6) is -3.01. The molecule has 6 heteroatoms. The summed E-state index contributed by atoms with van der Waals surface area (Å²) < 4.78 is 5.14. The second-order valence-corrected chi connectivity index (χ2v) is 6.04. The summed E-state index contributed by atoms with van der Waals surface area (Å²) in [5.41, 5.74) is -2.87. The lowest BCUT2D eigenvalue weighted by Crippen LogP contribution is -2.52. The Morgan fingerprint density at radius 2 is 1.91 bits per heavy atom. The minimum absolute atomic E-state index is 0.0749. The van der Waals surface area contributed by atoms with Gasteiger partial charge in [0.15, 0.2) is 0 Å². The predicted molar refractivity (Wildman–Crippen MR) is 79.2 cm³/mol. The van der Waals surface area contributed by atoms with Crippen molar-refractivity contribution in [1.82, 2.24) is 0 Å². The Kier molecular flexibility index (Phi) is 5.17. The first-order valence-electron chi connectivity index (χ1n) is 7.08. The molecular formula is C16H22O6. The Morgan fingerprint density at radius 3 is 2.36 bits per heavy atom. The van der Waals surface area contributed by atoms with Gasteiger partial charge in [-0.3, -0.25) is 9.59 Å². The molecule has 0 spiro atoms. The molecule has 0 aliphatic heterocycles. The Morgan fingerprint density at radius 1 is 1.32 bits per heavy atom. The number of hydrogen-bond acceptors (Lipinski definition) is 4. The maximum atomic E-state index is 11.9. The first-order chi connectivity index (χ1) is 10.1. The molecule has 0 saturated carbocycles. The van der Waals surface area contributed by atoms with Crippen LogP contribution in [0.1, 0.15) is 40.0 Å². The van der Waals surface area contributed by atoms with Crippen molar-refractivity contribution in [2.24, 2.45) is 10.8 Å². The SMILES string of the molecule is C=C(C)C(=O)OC(C)CC1(C(=O)O)CCC=CC1(C)C(=O)O. The molecule has 0 heterocycles. The van der Waals surface area contributed by atoms with Crippen LogP contribution in [0.5, 0.6) is 0 Å². The van der Waals surface area contributed by atoms with Gasteiger partial charge in [0, 0.05) is 12.0 Å². The van der Waals surface area contributed by atoms with E-state index in [0.717, 1.165) is 0 Å². The summed E-state index contributed by atoms with van der Waals surface area (Å²) in [6.07, 6.45) is 2.95. The summed E-state index contributed by atoms with van der Waals surface area (Å²) in [6, 6.07) is 0. The largest absolute Gasteiger partial charge is 0.481 e. The molecule has 3 unspecified atom stereocenters. The highest BCUT2D eigenvalue weighted by Crippen LogP contribution is 2.51. The number of carboxylic acid groups (broad SMARTS) is 2. The summed E-state index contributed by atoms with van der Waals surface area (Å²) in [6.45, 7) is 7.92. The molecule has 6 nitrogen and oxygen atoms in total. The van der Waals surface area contributed by atoms with Gasteiger partial charge < -0.3 is 14.9 Å². The molecule has 0 aromatic heterocycles. The summed E-state index contributed by atoms with van der Waals surface area (Å²) in [7, 11) is 0. The van der Waals surface area contributed by atoms with Gasteiger partial charge in [-0.2, -0.15) is 0 Å². The van der Waals surface area contributed by atoms with Gasteiger partial charge in [0.25, 0.3) is 0 Å². The molecule has 0 aromatic rings. The number of carbonyl (C=O) groups excluding carboxylic acids is 1. The number of carbonyl (C=O) groups is 3. The van der Waals surface area contributed by atoms with Gasteiger partial charge in [-0.05, 0) is 33.6 Å².